The average molecular weight is 1320 g/mol. The molecule has 0 bridgehead atoms. The van der Waals surface area contributed by atoms with Gasteiger partial charge >= 0.3 is 69.3 Å². The predicted octanol–water partition coefficient (Wildman–Crippen LogP) is 9.40. The van der Waals surface area contributed by atoms with Crippen LogP contribution in [-0.2, 0) is 38.6 Å². The molecule has 9 aromatic rings. The first kappa shape index (κ1) is 73.2. The number of hydrogen-bond donors (Lipinski definition) is 4. The smallest absolute Gasteiger partial charge is 0.870 e. The summed E-state index contributed by atoms with van der Waals surface area (Å²) in [6.07, 6.45) is 0. The largest absolute Gasteiger partial charge is 1.00 e. The number of nitrogen functional groups attached to an aromatic ring is 1. The summed E-state index contributed by atoms with van der Waals surface area (Å²) < 4.78 is 142. The van der Waals surface area contributed by atoms with Gasteiger partial charge in [0.25, 0.3) is 29.1 Å². The van der Waals surface area contributed by atoms with Crippen LogP contribution in [0.1, 0.15) is 31.1 Å². The third-order valence-electron chi connectivity index (χ3n) is 12.2. The van der Waals surface area contributed by atoms with Gasteiger partial charge in [0, 0.05) is 16.4 Å². The van der Waals surface area contributed by atoms with Crippen molar-refractivity contribution in [2.75, 3.05) is 50.7 Å². The van der Waals surface area contributed by atoms with Crippen LogP contribution in [0.3, 0.4) is 0 Å². The van der Waals surface area contributed by atoms with Crippen LogP contribution in [0.2, 0.25) is 0 Å². The number of hydrogen-bond acceptors (Lipinski definition) is 16. The number of ether oxygens (including phenoxy) is 5. The maximum atomic E-state index is 13.7. The van der Waals surface area contributed by atoms with E-state index in [1.807, 2.05) is 97.1 Å². The monoisotopic (exact) mass is 1320 g/mol. The minimum Gasteiger partial charge on any atom is -0.870 e. The zero-order valence-corrected chi connectivity index (χ0v) is 54.3. The number of rotatable bonds is 16. The van der Waals surface area contributed by atoms with Gasteiger partial charge in [-0.25, -0.2) is 52.8 Å². The third-order valence-corrected chi connectivity index (χ3v) is 16.3. The van der Waals surface area contributed by atoms with Crippen molar-refractivity contribution in [1.82, 2.24) is 0 Å². The number of carboxylic acids is 1. The molecule has 0 saturated carbocycles. The molecule has 9 rings (SSSR count). The second kappa shape index (κ2) is 33.3. The van der Waals surface area contributed by atoms with E-state index in [2.05, 4.69) is 14.2 Å². The second-order valence-electron chi connectivity index (χ2n) is 17.7. The number of nitrogens with one attached hydrogen (secondary N) is 2. The fraction of sp³-hybridized carbons (Fsp3) is 0.0806. The third kappa shape index (κ3) is 19.9. The summed E-state index contributed by atoms with van der Waals surface area (Å²) in [6, 6.07) is 51.7. The Balaban J connectivity index is 0.000000263. The van der Waals surface area contributed by atoms with Crippen molar-refractivity contribution >= 4 is 74.7 Å². The Morgan fingerprint density at radius 2 is 0.742 bits per heavy atom. The molecule has 9 aromatic carbocycles. The molecule has 0 atom stereocenters. The summed E-state index contributed by atoms with van der Waals surface area (Å²) in [5.74, 6) is -4.69. The minimum atomic E-state index is -4.31. The van der Waals surface area contributed by atoms with E-state index in [0.717, 1.165) is 58.7 Å². The predicted molar refractivity (Wildman–Crippen MR) is 325 cm³/mol. The van der Waals surface area contributed by atoms with E-state index >= 15 is 0 Å². The number of halogens is 4. The van der Waals surface area contributed by atoms with Crippen LogP contribution in [0, 0.1) is 17.5 Å². The van der Waals surface area contributed by atoms with Crippen molar-refractivity contribution in [3.8, 4) is 50.6 Å². The molecule has 89 heavy (non-hydrogen) atoms. The van der Waals surface area contributed by atoms with Gasteiger partial charge in [-0.15, -0.1) is 0 Å². The number of benzene rings is 9. The number of nitrogens with two attached hydrogens (primary N) is 1. The van der Waals surface area contributed by atoms with E-state index in [1.54, 1.807) is 24.3 Å². The molecule has 0 aliphatic rings. The van der Waals surface area contributed by atoms with E-state index in [9.17, 15) is 57.9 Å². The summed E-state index contributed by atoms with van der Waals surface area (Å²) in [4.78, 5) is 33.9. The average Bonchev–Trinajstić information content (AvgIpc) is 1.20. The summed E-state index contributed by atoms with van der Waals surface area (Å²) in [5.41, 5.74) is 11.3. The van der Waals surface area contributed by atoms with Crippen molar-refractivity contribution in [1.29, 1.82) is 0 Å². The summed E-state index contributed by atoms with van der Waals surface area (Å²) >= 11 is 0. The number of carbonyl (C=O) groups excluding carboxylic acids is 2. The van der Waals surface area contributed by atoms with Crippen molar-refractivity contribution in [2.45, 2.75) is 14.7 Å². The van der Waals surface area contributed by atoms with Gasteiger partial charge in [0.1, 0.15) is 49.4 Å². The number of sulfonamides is 2. The number of aromatic carboxylic acids is 1. The van der Waals surface area contributed by atoms with Gasteiger partial charge in [0.2, 0.25) is 0 Å². The maximum absolute atomic E-state index is 13.7. The first-order chi connectivity index (χ1) is 41.3. The molecule has 0 fully saturated rings. The van der Waals surface area contributed by atoms with E-state index < -0.39 is 69.4 Å². The normalized spacial score (nSPS) is 10.6. The maximum Gasteiger partial charge on any atom is 1.00 e. The van der Waals surface area contributed by atoms with E-state index in [0.29, 0.717) is 22.4 Å². The molecule has 0 unspecified atom stereocenters. The SMILES string of the molecule is COC(=O)c1ccc(-c2ccccc2)cc1N.COC(=O)c1ccc(-c2ccccc2)cc1NS(=O)(=O)c1cc(F)ccc1OC.COc1ccc(F)cc1S(=O)(=O)Cl.COc1ccc(F)cc1S(=O)(=O)Nc1cc(-c2ccccc2)ccc1C(=O)O.[K+].[OH-]. The molecule has 0 aliphatic heterocycles. The van der Waals surface area contributed by atoms with E-state index in [4.69, 9.17) is 35.4 Å². The molecular weight excluding hydrogens is 1270 g/mol. The summed E-state index contributed by atoms with van der Waals surface area (Å²) in [7, 11) is -1.15. The number of esters is 2. The van der Waals surface area contributed by atoms with Gasteiger partial charge in [-0.1, -0.05) is 109 Å². The number of carbonyl (C=O) groups is 3. The minimum absolute atomic E-state index is 0. The van der Waals surface area contributed by atoms with Crippen molar-refractivity contribution in [3.63, 3.8) is 0 Å². The van der Waals surface area contributed by atoms with Crippen LogP contribution in [-0.4, -0.2) is 89.3 Å². The second-order valence-corrected chi connectivity index (χ2v) is 23.6. The van der Waals surface area contributed by atoms with Crippen LogP contribution in [0.5, 0.6) is 17.2 Å². The Kier molecular flexibility index (Phi) is 27.4. The van der Waals surface area contributed by atoms with Gasteiger partial charge in [-0.05, 0) is 124 Å². The van der Waals surface area contributed by atoms with Crippen LogP contribution in [0.4, 0.5) is 30.2 Å². The Hall–Kier alpha value is -8.28. The quantitative estimate of drug-likeness (QED) is 0.0303. The fourth-order valence-electron chi connectivity index (χ4n) is 7.98. The summed E-state index contributed by atoms with van der Waals surface area (Å²) in [5, 5.41) is 9.42. The molecule has 19 nitrogen and oxygen atoms in total. The molecule has 0 amide bonds. The zero-order valence-electron chi connectivity index (χ0n) is 48.0. The Morgan fingerprint density at radius 1 is 0.427 bits per heavy atom. The molecular formula is C62H54ClF3KN3O16S3. The van der Waals surface area contributed by atoms with Crippen LogP contribution < -0.4 is 80.8 Å². The topological polar surface area (TPSA) is 300 Å². The van der Waals surface area contributed by atoms with Crippen LogP contribution in [0.15, 0.2) is 215 Å². The number of carboxylic acid groups (broad SMARTS) is 1. The van der Waals surface area contributed by atoms with Crippen molar-refractivity contribution < 1.29 is 138 Å². The molecule has 27 heteroatoms. The first-order valence-electron chi connectivity index (χ1n) is 25.1. The zero-order chi connectivity index (χ0) is 63.6. The van der Waals surface area contributed by atoms with Crippen molar-refractivity contribution in [2.24, 2.45) is 0 Å². The van der Waals surface area contributed by atoms with Gasteiger partial charge in [0.15, 0.2) is 0 Å². The number of methoxy groups -OCH3 is 5. The van der Waals surface area contributed by atoms with E-state index in [-0.39, 0.29) is 106 Å². The Morgan fingerprint density at radius 3 is 1.08 bits per heavy atom. The van der Waals surface area contributed by atoms with Gasteiger partial charge in [0.05, 0.1) is 63.6 Å². The molecule has 0 aromatic heterocycles. The first-order valence-corrected chi connectivity index (χ1v) is 30.4. The molecule has 0 saturated heterocycles. The summed E-state index contributed by atoms with van der Waals surface area (Å²) in [6.45, 7) is 0. The molecule has 460 valence electrons. The van der Waals surface area contributed by atoms with Gasteiger partial charge in [-0.2, -0.15) is 0 Å². The van der Waals surface area contributed by atoms with Crippen LogP contribution in [0.25, 0.3) is 33.4 Å². The molecule has 6 N–H and O–H groups in total. The number of anilines is 3. The van der Waals surface area contributed by atoms with Gasteiger partial charge in [-0.3, -0.25) is 9.44 Å². The van der Waals surface area contributed by atoms with Crippen LogP contribution >= 0.6 is 10.7 Å². The molecule has 0 radical (unpaired) electrons. The standard InChI is InChI=1S/C21H18FNO5S.C20H16FNO5S.C14H13NO2.C7H6ClFO3S.K.H2O/c1-27-19-11-9-16(22)13-20(19)29(25,26)23-18-12-15(14-6-4-3-5-7-14)8-10-17(18)21(24)28-2;1-27-18-10-8-15(21)12-19(18)28(25,26)22-17-11-14(7-9-16(17)20(23)24)13-5-3-2-4-6-13;1-17-14(16)12-8-7-11(9-13(12)15)10-5-3-2-4-6-10;1-12-6-3-2-5(9)4-7(6)13(8,10)11;;/h3-13,23H,1-2H3;2-12,22H,1H3,(H,23,24);2-9H,15H2,1H3;2-4H,1H3;;1H2/q;;;;+1;/p-1. The molecule has 0 heterocycles. The molecule has 0 aliphatic carbocycles. The fourth-order valence-corrected chi connectivity index (χ4v) is 11.5. The molecule has 0 spiro atoms. The van der Waals surface area contributed by atoms with Crippen molar-refractivity contribution in [3.05, 3.63) is 234 Å². The Labute approximate surface area is 558 Å². The van der Waals surface area contributed by atoms with E-state index in [1.165, 1.54) is 78.0 Å². The Bertz CT molecular complexity index is 4300. The van der Waals surface area contributed by atoms with Gasteiger partial charge < -0.3 is 40.0 Å².